The van der Waals surface area contributed by atoms with Crippen molar-refractivity contribution in [2.24, 2.45) is 0 Å². The first kappa shape index (κ1) is 35.5. The number of hydrogen-bond acceptors (Lipinski definition) is 12. The summed E-state index contributed by atoms with van der Waals surface area (Å²) in [6.45, 7) is 1.03. The number of sulfonamides is 1. The number of benzene rings is 2. The van der Waals surface area contributed by atoms with Crippen LogP contribution < -0.4 is 19.7 Å². The van der Waals surface area contributed by atoms with E-state index in [9.17, 15) is 44.3 Å². The molecule has 1 atom stereocenters. The lowest BCUT2D eigenvalue weighted by Crippen LogP contribution is -2.60. The molecule has 1 amide bonds. The van der Waals surface area contributed by atoms with Crippen LogP contribution in [0.3, 0.4) is 0 Å². The van der Waals surface area contributed by atoms with Crippen molar-refractivity contribution < 1.29 is 58.6 Å². The number of amides is 1. The number of ether oxygens (including phenoxy) is 3. The molecule has 1 saturated heterocycles. The minimum absolute atomic E-state index is 0.0247. The highest BCUT2D eigenvalue weighted by Gasteiger charge is 2.41. The highest BCUT2D eigenvalue weighted by atomic mass is 32.2. The minimum atomic E-state index is -5.00. The maximum absolute atomic E-state index is 13.7. The van der Waals surface area contributed by atoms with Crippen LogP contribution in [-0.4, -0.2) is 84.6 Å². The van der Waals surface area contributed by atoms with E-state index in [-0.39, 0.29) is 44.3 Å². The Kier molecular flexibility index (Phi) is 10.2. The fourth-order valence-electron chi connectivity index (χ4n) is 4.66. The molecule has 0 saturated carbocycles. The molecule has 262 valence electrons. The fourth-order valence-corrected chi connectivity index (χ4v) is 7.14. The molecule has 1 fully saturated rings. The lowest BCUT2D eigenvalue weighted by Gasteiger charge is -2.39. The number of hydrogen-bond donors (Lipinski definition) is 1. The van der Waals surface area contributed by atoms with Crippen LogP contribution in [-0.2, 0) is 26.1 Å². The average Bonchev–Trinajstić information content (AvgIpc) is 3.47. The van der Waals surface area contributed by atoms with Gasteiger partial charge in [0.1, 0.15) is 17.5 Å². The standard InChI is InChI=1S/C28H24F6N6O7S2/c1-2-45-25(42)23-35-14-21-22(37-23)38-26(48-21)39-11-12-40(49(43,44)19-9-7-18(8-10-19)47-28(32,33)34)20(15-39)24(41)36-13-16-3-5-17(6-4-16)46-27(29,30)31/h3-10,14,20H,2,11-13,15H2,1H3,(H,36,41). The second-order valence-electron chi connectivity index (χ2n) is 10.1. The first-order valence-electron chi connectivity index (χ1n) is 14.1. The lowest BCUT2D eigenvalue weighted by atomic mass is 10.1. The number of alkyl halides is 6. The molecule has 0 bridgehead atoms. The van der Waals surface area contributed by atoms with E-state index in [0.29, 0.717) is 15.4 Å². The summed E-state index contributed by atoms with van der Waals surface area (Å²) in [5.74, 6) is -2.89. The summed E-state index contributed by atoms with van der Waals surface area (Å²) in [5.41, 5.74) is 0.528. The van der Waals surface area contributed by atoms with E-state index in [1.54, 1.807) is 11.8 Å². The molecular weight excluding hydrogens is 710 g/mol. The van der Waals surface area contributed by atoms with E-state index >= 15 is 0 Å². The number of anilines is 1. The van der Waals surface area contributed by atoms with Gasteiger partial charge in [-0.2, -0.15) is 9.29 Å². The predicted octanol–water partition coefficient (Wildman–Crippen LogP) is 4.26. The van der Waals surface area contributed by atoms with Crippen molar-refractivity contribution in [3.05, 3.63) is 66.1 Å². The molecule has 1 unspecified atom stereocenters. The van der Waals surface area contributed by atoms with Crippen molar-refractivity contribution in [1.29, 1.82) is 0 Å². The number of nitrogens with zero attached hydrogens (tertiary/aromatic N) is 5. The van der Waals surface area contributed by atoms with Gasteiger partial charge in [-0.15, -0.1) is 26.3 Å². The number of nitrogens with one attached hydrogen (secondary N) is 1. The zero-order valence-corrected chi connectivity index (χ0v) is 26.6. The normalized spacial score (nSPS) is 16.0. The molecule has 0 aliphatic carbocycles. The SMILES string of the molecule is CCOC(=O)c1ncc2sc(N3CCN(S(=O)(=O)c4ccc(OC(F)(F)F)cc4)C(C(=O)NCc4ccc(OC(F)(F)F)cc4)C3)nc2n1. The van der Waals surface area contributed by atoms with Crippen molar-refractivity contribution in [2.75, 3.05) is 31.1 Å². The van der Waals surface area contributed by atoms with Crippen molar-refractivity contribution >= 4 is 48.7 Å². The summed E-state index contributed by atoms with van der Waals surface area (Å²) in [6, 6.07) is 6.71. The van der Waals surface area contributed by atoms with Gasteiger partial charge in [0.2, 0.25) is 21.8 Å². The molecule has 1 aliphatic heterocycles. The van der Waals surface area contributed by atoms with Crippen LogP contribution in [0.4, 0.5) is 31.5 Å². The number of thiazole rings is 1. The Bertz CT molecular complexity index is 1920. The van der Waals surface area contributed by atoms with Crippen molar-refractivity contribution in [2.45, 2.75) is 37.1 Å². The van der Waals surface area contributed by atoms with Crippen LogP contribution in [0.1, 0.15) is 23.1 Å². The Hall–Kier alpha value is -4.76. The number of aromatic nitrogens is 3. The maximum atomic E-state index is 13.7. The van der Waals surface area contributed by atoms with E-state index in [0.717, 1.165) is 52.0 Å². The van der Waals surface area contributed by atoms with Gasteiger partial charge in [-0.3, -0.25) is 4.79 Å². The molecule has 2 aromatic carbocycles. The van der Waals surface area contributed by atoms with Crippen LogP contribution in [0.25, 0.3) is 10.3 Å². The van der Waals surface area contributed by atoms with Gasteiger partial charge >= 0.3 is 18.7 Å². The number of esters is 1. The third-order valence-electron chi connectivity index (χ3n) is 6.79. The van der Waals surface area contributed by atoms with Gasteiger partial charge in [-0.05, 0) is 48.9 Å². The Morgan fingerprint density at radius 2 is 1.55 bits per heavy atom. The highest BCUT2D eigenvalue weighted by Crippen LogP contribution is 2.32. The molecule has 21 heteroatoms. The number of piperazine rings is 1. The predicted molar refractivity (Wildman–Crippen MR) is 159 cm³/mol. The zero-order chi connectivity index (χ0) is 35.6. The van der Waals surface area contributed by atoms with Gasteiger partial charge in [0.05, 0.1) is 22.4 Å². The van der Waals surface area contributed by atoms with E-state index in [1.165, 1.54) is 18.3 Å². The molecule has 4 aromatic rings. The van der Waals surface area contributed by atoms with Crippen LogP contribution in [0, 0.1) is 0 Å². The summed E-state index contributed by atoms with van der Waals surface area (Å²) in [5, 5.41) is 2.91. The third kappa shape index (κ3) is 8.83. The Morgan fingerprint density at radius 3 is 2.14 bits per heavy atom. The van der Waals surface area contributed by atoms with E-state index in [1.807, 2.05) is 0 Å². The molecule has 0 radical (unpaired) electrons. The van der Waals surface area contributed by atoms with Crippen molar-refractivity contribution in [1.82, 2.24) is 24.6 Å². The average molecular weight is 735 g/mol. The molecule has 3 heterocycles. The molecule has 5 rings (SSSR count). The largest absolute Gasteiger partial charge is 0.573 e. The summed E-state index contributed by atoms with van der Waals surface area (Å²) in [4.78, 5) is 39.4. The topological polar surface area (TPSA) is 153 Å². The number of fused-ring (bicyclic) bond motifs is 1. The van der Waals surface area contributed by atoms with Crippen molar-refractivity contribution in [3.8, 4) is 11.5 Å². The number of carbonyl (C=O) groups excluding carboxylic acids is 2. The van der Waals surface area contributed by atoms with Gasteiger partial charge in [0, 0.05) is 26.2 Å². The summed E-state index contributed by atoms with van der Waals surface area (Å²) >= 11 is 1.12. The molecule has 1 N–H and O–H groups in total. The van der Waals surface area contributed by atoms with Crippen LogP contribution in [0.2, 0.25) is 0 Å². The molecular formula is C28H24F6N6O7S2. The fraction of sp³-hybridized carbons (Fsp3) is 0.321. The summed E-state index contributed by atoms with van der Waals surface area (Å²) in [6.07, 6.45) is -8.53. The molecule has 49 heavy (non-hydrogen) atoms. The Labute approximate surface area is 277 Å². The molecule has 1 aliphatic rings. The van der Waals surface area contributed by atoms with Gasteiger partial charge in [0.15, 0.2) is 10.8 Å². The summed E-state index contributed by atoms with van der Waals surface area (Å²) in [7, 11) is -4.48. The number of halogens is 6. The zero-order valence-electron chi connectivity index (χ0n) is 25.0. The quantitative estimate of drug-likeness (QED) is 0.184. The second-order valence-corrected chi connectivity index (χ2v) is 13.0. The van der Waals surface area contributed by atoms with Gasteiger partial charge in [-0.1, -0.05) is 23.5 Å². The van der Waals surface area contributed by atoms with Gasteiger partial charge < -0.3 is 24.4 Å². The van der Waals surface area contributed by atoms with E-state index < -0.39 is 57.1 Å². The monoisotopic (exact) mass is 734 g/mol. The number of rotatable bonds is 10. The first-order chi connectivity index (χ1) is 23.0. The second kappa shape index (κ2) is 14.0. The van der Waals surface area contributed by atoms with E-state index in [4.69, 9.17) is 4.74 Å². The number of carbonyl (C=O) groups is 2. The smallest absolute Gasteiger partial charge is 0.460 e. The van der Waals surface area contributed by atoms with Crippen LogP contribution in [0.5, 0.6) is 11.5 Å². The Morgan fingerprint density at radius 1 is 0.939 bits per heavy atom. The van der Waals surface area contributed by atoms with E-state index in [2.05, 4.69) is 29.7 Å². The lowest BCUT2D eigenvalue weighted by molar-refractivity contribution is -0.275. The van der Waals surface area contributed by atoms with Crippen LogP contribution >= 0.6 is 11.3 Å². The minimum Gasteiger partial charge on any atom is -0.460 e. The molecule has 0 spiro atoms. The van der Waals surface area contributed by atoms with Crippen LogP contribution in [0.15, 0.2) is 59.6 Å². The molecule has 13 nitrogen and oxygen atoms in total. The highest BCUT2D eigenvalue weighted by molar-refractivity contribution is 7.89. The van der Waals surface area contributed by atoms with Crippen molar-refractivity contribution in [3.63, 3.8) is 0 Å². The maximum Gasteiger partial charge on any atom is 0.573 e. The first-order valence-corrected chi connectivity index (χ1v) is 16.3. The van der Waals surface area contributed by atoms with Gasteiger partial charge in [-0.25, -0.2) is 23.2 Å². The summed E-state index contributed by atoms with van der Waals surface area (Å²) < 4.78 is 117. The third-order valence-corrected chi connectivity index (χ3v) is 9.75. The molecule has 2 aromatic heterocycles. The Balaban J connectivity index is 1.39. The van der Waals surface area contributed by atoms with Gasteiger partial charge in [0.25, 0.3) is 0 Å².